The maximum absolute atomic E-state index is 12.8. The maximum atomic E-state index is 12.8. The SMILES string of the molecule is C[C@@H]1CN(C(=O)c2ccc3[nH]c4c(c3c2)CCCCC4)CCO1. The van der Waals surface area contributed by atoms with Gasteiger partial charge in [-0.1, -0.05) is 6.42 Å². The maximum Gasteiger partial charge on any atom is 0.254 e. The van der Waals surface area contributed by atoms with Gasteiger partial charge in [-0.3, -0.25) is 4.79 Å². The number of carbonyl (C=O) groups excluding carboxylic acids is 1. The van der Waals surface area contributed by atoms with Gasteiger partial charge in [-0.2, -0.15) is 0 Å². The second-order valence-electron chi connectivity index (χ2n) is 6.84. The Morgan fingerprint density at radius 3 is 3.00 bits per heavy atom. The number of H-pyrrole nitrogens is 1. The third-order valence-corrected chi connectivity index (χ3v) is 5.12. The fourth-order valence-corrected chi connectivity index (χ4v) is 3.90. The molecule has 0 radical (unpaired) electrons. The molecule has 0 bridgehead atoms. The first-order valence-corrected chi connectivity index (χ1v) is 8.77. The quantitative estimate of drug-likeness (QED) is 0.821. The van der Waals surface area contributed by atoms with E-state index in [0.717, 1.165) is 18.4 Å². The Kier molecular flexibility index (Phi) is 3.85. The summed E-state index contributed by atoms with van der Waals surface area (Å²) in [6.45, 7) is 4.03. The number of fused-ring (bicyclic) bond motifs is 3. The van der Waals surface area contributed by atoms with Crippen molar-refractivity contribution < 1.29 is 9.53 Å². The van der Waals surface area contributed by atoms with Crippen molar-refractivity contribution in [2.45, 2.75) is 45.1 Å². The first kappa shape index (κ1) is 14.8. The van der Waals surface area contributed by atoms with E-state index in [1.807, 2.05) is 17.9 Å². The molecule has 0 spiro atoms. The third-order valence-electron chi connectivity index (χ3n) is 5.12. The molecule has 0 saturated carbocycles. The van der Waals surface area contributed by atoms with Gasteiger partial charge in [-0.15, -0.1) is 0 Å². The van der Waals surface area contributed by atoms with Crippen LogP contribution in [0.25, 0.3) is 10.9 Å². The Balaban J connectivity index is 1.68. The molecule has 1 aromatic heterocycles. The lowest BCUT2D eigenvalue weighted by molar-refractivity contribution is -0.0124. The highest BCUT2D eigenvalue weighted by Crippen LogP contribution is 2.29. The number of benzene rings is 1. The van der Waals surface area contributed by atoms with E-state index in [2.05, 4.69) is 17.1 Å². The van der Waals surface area contributed by atoms with Gasteiger partial charge in [-0.25, -0.2) is 0 Å². The molecule has 1 fully saturated rings. The summed E-state index contributed by atoms with van der Waals surface area (Å²) in [6, 6.07) is 6.13. The van der Waals surface area contributed by atoms with Crippen LogP contribution in [0.2, 0.25) is 0 Å². The number of amides is 1. The van der Waals surface area contributed by atoms with Gasteiger partial charge in [0.05, 0.1) is 12.7 Å². The zero-order chi connectivity index (χ0) is 15.8. The molecule has 1 aromatic carbocycles. The minimum absolute atomic E-state index is 0.125. The number of carbonyl (C=O) groups is 1. The predicted molar refractivity (Wildman–Crippen MR) is 90.9 cm³/mol. The molecule has 1 saturated heterocycles. The Morgan fingerprint density at radius 1 is 1.26 bits per heavy atom. The Hall–Kier alpha value is -1.81. The molecule has 1 amide bonds. The van der Waals surface area contributed by atoms with Gasteiger partial charge in [0.1, 0.15) is 0 Å². The summed E-state index contributed by atoms with van der Waals surface area (Å²) < 4.78 is 5.54. The van der Waals surface area contributed by atoms with E-state index in [9.17, 15) is 4.79 Å². The minimum Gasteiger partial charge on any atom is -0.375 e. The van der Waals surface area contributed by atoms with Gasteiger partial charge in [0.15, 0.2) is 0 Å². The lowest BCUT2D eigenvalue weighted by Gasteiger charge is -2.31. The van der Waals surface area contributed by atoms with Crippen molar-refractivity contribution >= 4 is 16.8 Å². The molecular formula is C19H24N2O2. The van der Waals surface area contributed by atoms with Gasteiger partial charge >= 0.3 is 0 Å². The van der Waals surface area contributed by atoms with E-state index in [0.29, 0.717) is 19.7 Å². The smallest absolute Gasteiger partial charge is 0.254 e. The van der Waals surface area contributed by atoms with Crippen molar-refractivity contribution in [1.82, 2.24) is 9.88 Å². The molecule has 23 heavy (non-hydrogen) atoms. The summed E-state index contributed by atoms with van der Waals surface area (Å²) in [5.74, 6) is 0.130. The van der Waals surface area contributed by atoms with Crippen LogP contribution in [-0.4, -0.2) is 41.6 Å². The zero-order valence-corrected chi connectivity index (χ0v) is 13.7. The molecule has 2 aliphatic rings. The van der Waals surface area contributed by atoms with E-state index in [4.69, 9.17) is 4.74 Å². The first-order valence-electron chi connectivity index (χ1n) is 8.77. The van der Waals surface area contributed by atoms with Crippen LogP contribution in [0.5, 0.6) is 0 Å². The largest absolute Gasteiger partial charge is 0.375 e. The number of nitrogens with zero attached hydrogens (tertiary/aromatic N) is 1. The van der Waals surface area contributed by atoms with E-state index in [1.165, 1.54) is 41.4 Å². The molecule has 4 heteroatoms. The predicted octanol–water partition coefficient (Wildman–Crippen LogP) is 3.30. The van der Waals surface area contributed by atoms with Crippen molar-refractivity contribution in [3.05, 3.63) is 35.0 Å². The highest BCUT2D eigenvalue weighted by Gasteiger charge is 2.23. The molecule has 122 valence electrons. The summed E-state index contributed by atoms with van der Waals surface area (Å²) in [4.78, 5) is 18.3. The lowest BCUT2D eigenvalue weighted by atomic mass is 10.0. The number of ether oxygens (including phenoxy) is 1. The van der Waals surface area contributed by atoms with Gasteiger partial charge in [0.25, 0.3) is 5.91 Å². The number of nitrogens with one attached hydrogen (secondary N) is 1. The van der Waals surface area contributed by atoms with Crippen LogP contribution in [0, 0.1) is 0 Å². The zero-order valence-electron chi connectivity index (χ0n) is 13.7. The van der Waals surface area contributed by atoms with Crippen LogP contribution in [0.4, 0.5) is 0 Å². The van der Waals surface area contributed by atoms with Crippen molar-refractivity contribution in [2.75, 3.05) is 19.7 Å². The van der Waals surface area contributed by atoms with Gasteiger partial charge < -0.3 is 14.6 Å². The highest BCUT2D eigenvalue weighted by molar-refractivity contribution is 5.99. The number of aromatic amines is 1. The van der Waals surface area contributed by atoms with Crippen LogP contribution < -0.4 is 0 Å². The Morgan fingerprint density at radius 2 is 2.13 bits per heavy atom. The summed E-state index contributed by atoms with van der Waals surface area (Å²) in [5.41, 5.74) is 4.78. The number of rotatable bonds is 1. The summed E-state index contributed by atoms with van der Waals surface area (Å²) in [6.07, 6.45) is 6.19. The molecule has 2 heterocycles. The van der Waals surface area contributed by atoms with E-state index in [1.54, 1.807) is 0 Å². The molecule has 1 aliphatic heterocycles. The molecule has 4 rings (SSSR count). The highest BCUT2D eigenvalue weighted by atomic mass is 16.5. The van der Waals surface area contributed by atoms with Crippen LogP contribution >= 0.6 is 0 Å². The van der Waals surface area contributed by atoms with E-state index < -0.39 is 0 Å². The standard InChI is InChI=1S/C19H24N2O2/c1-13-12-21(9-10-23-13)19(22)14-7-8-18-16(11-14)15-5-3-2-4-6-17(15)20-18/h7-8,11,13,20H,2-6,9-10,12H2,1H3/t13-/m1/s1. The monoisotopic (exact) mass is 312 g/mol. The summed E-state index contributed by atoms with van der Waals surface area (Å²) >= 11 is 0. The van der Waals surface area contributed by atoms with E-state index in [-0.39, 0.29) is 12.0 Å². The number of aromatic nitrogens is 1. The topological polar surface area (TPSA) is 45.3 Å². The van der Waals surface area contributed by atoms with Crippen molar-refractivity contribution in [2.24, 2.45) is 0 Å². The molecule has 1 atom stereocenters. The normalized spacial score (nSPS) is 22.0. The number of hydrogen-bond donors (Lipinski definition) is 1. The molecule has 1 aliphatic carbocycles. The average molecular weight is 312 g/mol. The fraction of sp³-hybridized carbons (Fsp3) is 0.526. The Labute approximate surface area is 136 Å². The fourth-order valence-electron chi connectivity index (χ4n) is 3.90. The van der Waals surface area contributed by atoms with Crippen molar-refractivity contribution in [1.29, 1.82) is 0 Å². The number of hydrogen-bond acceptors (Lipinski definition) is 2. The summed E-state index contributed by atoms with van der Waals surface area (Å²) in [7, 11) is 0. The first-order chi connectivity index (χ1) is 11.2. The summed E-state index contributed by atoms with van der Waals surface area (Å²) in [5, 5.41) is 1.24. The second kappa shape index (κ2) is 6.00. The van der Waals surface area contributed by atoms with Gasteiger partial charge in [-0.05, 0) is 56.4 Å². The Bertz CT molecular complexity index is 734. The second-order valence-corrected chi connectivity index (χ2v) is 6.84. The molecular weight excluding hydrogens is 288 g/mol. The molecule has 2 aromatic rings. The van der Waals surface area contributed by atoms with Crippen LogP contribution in [0.1, 0.15) is 47.8 Å². The van der Waals surface area contributed by atoms with Crippen LogP contribution in [0.3, 0.4) is 0 Å². The van der Waals surface area contributed by atoms with Crippen LogP contribution in [-0.2, 0) is 17.6 Å². The third kappa shape index (κ3) is 2.76. The minimum atomic E-state index is 0.125. The van der Waals surface area contributed by atoms with Crippen LogP contribution in [0.15, 0.2) is 18.2 Å². The lowest BCUT2D eigenvalue weighted by Crippen LogP contribution is -2.44. The van der Waals surface area contributed by atoms with E-state index >= 15 is 0 Å². The molecule has 1 N–H and O–H groups in total. The van der Waals surface area contributed by atoms with Crippen molar-refractivity contribution in [3.8, 4) is 0 Å². The molecule has 4 nitrogen and oxygen atoms in total. The number of aryl methyl sites for hydroxylation is 2. The van der Waals surface area contributed by atoms with Crippen molar-refractivity contribution in [3.63, 3.8) is 0 Å². The van der Waals surface area contributed by atoms with Gasteiger partial charge in [0, 0.05) is 35.2 Å². The van der Waals surface area contributed by atoms with Gasteiger partial charge in [0.2, 0.25) is 0 Å². The molecule has 0 unspecified atom stereocenters. The number of morpholine rings is 1. The average Bonchev–Trinajstić information content (AvgIpc) is 2.74.